The van der Waals surface area contributed by atoms with Crippen LogP contribution >= 0.6 is 39.0 Å². The molecular weight excluding hydrogens is 346 g/mol. The molecule has 0 amide bonds. The van der Waals surface area contributed by atoms with Crippen LogP contribution in [0.5, 0.6) is 0 Å². The lowest BCUT2D eigenvalue weighted by atomic mass is 10.3. The van der Waals surface area contributed by atoms with Gasteiger partial charge in [-0.3, -0.25) is 0 Å². The zero-order chi connectivity index (χ0) is 13.8. The number of carbonyl (C=O) groups is 1. The number of aromatic carboxylic acids is 1. The zero-order valence-corrected chi connectivity index (χ0v) is 13.4. The number of thiazole rings is 1. The molecule has 0 saturated carbocycles. The summed E-state index contributed by atoms with van der Waals surface area (Å²) in [5.74, 6) is -0.195. The van der Waals surface area contributed by atoms with Gasteiger partial charge in [-0.15, -0.1) is 23.1 Å². The topological polar surface area (TPSA) is 50.2 Å². The van der Waals surface area contributed by atoms with Crippen molar-refractivity contribution in [3.63, 3.8) is 0 Å². The van der Waals surface area contributed by atoms with Gasteiger partial charge in [0.2, 0.25) is 0 Å². The highest BCUT2D eigenvalue weighted by Gasteiger charge is 2.16. The van der Waals surface area contributed by atoms with Crippen molar-refractivity contribution in [2.75, 3.05) is 0 Å². The number of hydrogen-bond acceptors (Lipinski definition) is 4. The van der Waals surface area contributed by atoms with Crippen molar-refractivity contribution in [3.05, 3.63) is 44.3 Å². The Balaban J connectivity index is 2.12. The Morgan fingerprint density at radius 1 is 1.47 bits per heavy atom. The molecule has 1 aromatic carbocycles. The standard InChI is InChI=1S/C13H12BrNO2S2/c1-2-9-12(13(16)17)19-11(15-9)7-18-10-6-4-3-5-8(10)14/h3-6H,2,7H2,1H3,(H,16,17). The molecule has 0 radical (unpaired) electrons. The number of thioether (sulfide) groups is 1. The molecule has 0 bridgehead atoms. The smallest absolute Gasteiger partial charge is 0.347 e. The van der Waals surface area contributed by atoms with Crippen LogP contribution in [0.1, 0.15) is 27.3 Å². The monoisotopic (exact) mass is 357 g/mol. The fourth-order valence-electron chi connectivity index (χ4n) is 1.57. The van der Waals surface area contributed by atoms with Gasteiger partial charge < -0.3 is 5.11 Å². The molecule has 0 aliphatic rings. The highest BCUT2D eigenvalue weighted by atomic mass is 79.9. The van der Waals surface area contributed by atoms with Crippen molar-refractivity contribution in [3.8, 4) is 0 Å². The first-order chi connectivity index (χ1) is 9.11. The maximum atomic E-state index is 11.1. The number of rotatable bonds is 5. The minimum Gasteiger partial charge on any atom is -0.477 e. The third-order valence-electron chi connectivity index (χ3n) is 2.46. The first kappa shape index (κ1) is 14.6. The van der Waals surface area contributed by atoms with Gasteiger partial charge in [-0.1, -0.05) is 19.1 Å². The van der Waals surface area contributed by atoms with E-state index in [4.69, 9.17) is 5.11 Å². The molecule has 0 saturated heterocycles. The van der Waals surface area contributed by atoms with E-state index in [1.54, 1.807) is 11.8 Å². The van der Waals surface area contributed by atoms with E-state index in [1.165, 1.54) is 11.3 Å². The molecule has 19 heavy (non-hydrogen) atoms. The predicted molar refractivity (Wildman–Crippen MR) is 82.2 cm³/mol. The summed E-state index contributed by atoms with van der Waals surface area (Å²) < 4.78 is 1.05. The largest absolute Gasteiger partial charge is 0.477 e. The molecule has 0 unspecified atom stereocenters. The summed E-state index contributed by atoms with van der Waals surface area (Å²) in [6, 6.07) is 7.97. The van der Waals surface area contributed by atoms with Crippen LogP contribution in [0.2, 0.25) is 0 Å². The summed E-state index contributed by atoms with van der Waals surface area (Å²) in [5.41, 5.74) is 0.681. The number of benzene rings is 1. The quantitative estimate of drug-likeness (QED) is 0.802. The van der Waals surface area contributed by atoms with Crippen LogP contribution in [0.3, 0.4) is 0 Å². The molecule has 6 heteroatoms. The van der Waals surface area contributed by atoms with Gasteiger partial charge in [0.1, 0.15) is 9.88 Å². The van der Waals surface area contributed by atoms with Crippen LogP contribution < -0.4 is 0 Å². The van der Waals surface area contributed by atoms with Gasteiger partial charge in [-0.25, -0.2) is 9.78 Å². The Bertz CT molecular complexity index is 598. The highest BCUT2D eigenvalue weighted by Crippen LogP contribution is 2.31. The number of carboxylic acids is 1. The number of nitrogens with zero attached hydrogens (tertiary/aromatic N) is 1. The first-order valence-electron chi connectivity index (χ1n) is 5.71. The number of hydrogen-bond donors (Lipinski definition) is 1. The van der Waals surface area contributed by atoms with Crippen LogP contribution in [-0.2, 0) is 12.2 Å². The third kappa shape index (κ3) is 3.58. The van der Waals surface area contributed by atoms with E-state index in [1.807, 2.05) is 31.2 Å². The molecule has 0 fully saturated rings. The van der Waals surface area contributed by atoms with Gasteiger partial charge in [-0.05, 0) is 34.5 Å². The van der Waals surface area contributed by atoms with Crippen molar-refractivity contribution in [2.24, 2.45) is 0 Å². The predicted octanol–water partition coefficient (Wildman–Crippen LogP) is 4.46. The summed E-state index contributed by atoms with van der Waals surface area (Å²) >= 11 is 6.42. The number of aryl methyl sites for hydroxylation is 1. The Morgan fingerprint density at radius 3 is 2.79 bits per heavy atom. The molecule has 100 valence electrons. The molecule has 0 atom stereocenters. The molecule has 2 aromatic rings. The van der Waals surface area contributed by atoms with E-state index >= 15 is 0 Å². The lowest BCUT2D eigenvalue weighted by molar-refractivity contribution is 0.0701. The van der Waals surface area contributed by atoms with Crippen LogP contribution in [0.25, 0.3) is 0 Å². The van der Waals surface area contributed by atoms with Crippen molar-refractivity contribution in [2.45, 2.75) is 24.0 Å². The zero-order valence-electron chi connectivity index (χ0n) is 10.2. The van der Waals surface area contributed by atoms with Gasteiger partial charge in [0, 0.05) is 9.37 Å². The van der Waals surface area contributed by atoms with Gasteiger partial charge >= 0.3 is 5.97 Å². The second-order valence-corrected chi connectivity index (χ2v) is 6.72. The average molecular weight is 358 g/mol. The Labute approximate surface area is 128 Å². The SMILES string of the molecule is CCc1nc(CSc2ccccc2Br)sc1C(=O)O. The Morgan fingerprint density at radius 2 is 2.21 bits per heavy atom. The minimum absolute atomic E-state index is 0.366. The lowest BCUT2D eigenvalue weighted by Crippen LogP contribution is -1.97. The Hall–Kier alpha value is -0.850. The van der Waals surface area contributed by atoms with Crippen molar-refractivity contribution < 1.29 is 9.90 Å². The number of aromatic nitrogens is 1. The second kappa shape index (κ2) is 6.54. The van der Waals surface area contributed by atoms with Gasteiger partial charge in [-0.2, -0.15) is 0 Å². The van der Waals surface area contributed by atoms with E-state index in [0.29, 0.717) is 22.7 Å². The van der Waals surface area contributed by atoms with Crippen LogP contribution in [0.15, 0.2) is 33.6 Å². The fourth-order valence-corrected chi connectivity index (χ4v) is 4.12. The molecule has 0 aliphatic carbocycles. The van der Waals surface area contributed by atoms with Crippen LogP contribution in [0.4, 0.5) is 0 Å². The van der Waals surface area contributed by atoms with E-state index in [0.717, 1.165) is 14.4 Å². The maximum absolute atomic E-state index is 11.1. The summed E-state index contributed by atoms with van der Waals surface area (Å²) in [6.07, 6.45) is 0.651. The molecule has 1 aromatic heterocycles. The normalized spacial score (nSPS) is 10.6. The molecular formula is C13H12BrNO2S2. The summed E-state index contributed by atoms with van der Waals surface area (Å²) in [5, 5.41) is 9.95. The molecule has 1 N–H and O–H groups in total. The third-order valence-corrected chi connectivity index (χ3v) is 5.77. The van der Waals surface area contributed by atoms with Gasteiger partial charge in [0.25, 0.3) is 0 Å². The number of halogens is 1. The lowest BCUT2D eigenvalue weighted by Gasteiger charge is -2.01. The van der Waals surface area contributed by atoms with Gasteiger partial charge in [0.15, 0.2) is 0 Å². The van der Waals surface area contributed by atoms with E-state index in [9.17, 15) is 4.79 Å². The summed E-state index contributed by atoms with van der Waals surface area (Å²) in [7, 11) is 0. The number of carboxylic acid groups (broad SMARTS) is 1. The van der Waals surface area contributed by atoms with Crippen LogP contribution in [-0.4, -0.2) is 16.1 Å². The maximum Gasteiger partial charge on any atom is 0.347 e. The first-order valence-corrected chi connectivity index (χ1v) is 8.30. The Kier molecular flexibility index (Phi) is 5.01. The second-order valence-electron chi connectivity index (χ2n) is 3.76. The molecule has 1 heterocycles. The molecule has 3 nitrogen and oxygen atoms in total. The van der Waals surface area contributed by atoms with Crippen molar-refractivity contribution in [1.29, 1.82) is 0 Å². The van der Waals surface area contributed by atoms with Crippen LogP contribution in [0, 0.1) is 0 Å². The highest BCUT2D eigenvalue weighted by molar-refractivity contribution is 9.10. The molecule has 2 rings (SSSR count). The molecule has 0 spiro atoms. The van der Waals surface area contributed by atoms with Gasteiger partial charge in [0.05, 0.1) is 11.4 Å². The minimum atomic E-state index is -0.883. The summed E-state index contributed by atoms with van der Waals surface area (Å²) in [4.78, 5) is 17.0. The molecule has 0 aliphatic heterocycles. The average Bonchev–Trinajstić information content (AvgIpc) is 2.81. The fraction of sp³-hybridized carbons (Fsp3) is 0.231. The van der Waals surface area contributed by atoms with E-state index in [2.05, 4.69) is 20.9 Å². The summed E-state index contributed by atoms with van der Waals surface area (Å²) in [6.45, 7) is 1.92. The van der Waals surface area contributed by atoms with Crippen molar-refractivity contribution in [1.82, 2.24) is 4.98 Å². The van der Waals surface area contributed by atoms with Crippen molar-refractivity contribution >= 4 is 45.0 Å². The van der Waals surface area contributed by atoms with E-state index < -0.39 is 5.97 Å². The van der Waals surface area contributed by atoms with E-state index in [-0.39, 0.29) is 0 Å².